The van der Waals surface area contributed by atoms with Gasteiger partial charge in [-0.3, -0.25) is 0 Å². The van der Waals surface area contributed by atoms with Crippen molar-refractivity contribution in [2.45, 2.75) is 39.0 Å². The maximum Gasteiger partial charge on any atom is 0.151 e. The van der Waals surface area contributed by atoms with Crippen molar-refractivity contribution in [1.29, 1.82) is 0 Å². The number of hydrogen-bond donors (Lipinski definition) is 1. The molecule has 1 atom stereocenters. The Kier molecular flexibility index (Phi) is 5.46. The molecule has 3 rings (SSSR count). The summed E-state index contributed by atoms with van der Waals surface area (Å²) >= 11 is 0. The van der Waals surface area contributed by atoms with Crippen molar-refractivity contribution in [3.8, 4) is 0 Å². The molecule has 0 aliphatic carbocycles. The van der Waals surface area contributed by atoms with E-state index in [0.29, 0.717) is 0 Å². The molecule has 1 saturated heterocycles. The molecule has 0 saturated carbocycles. The van der Waals surface area contributed by atoms with Crippen LogP contribution in [0.25, 0.3) is 0 Å². The molecule has 1 aromatic carbocycles. The highest BCUT2D eigenvalue weighted by Crippen LogP contribution is 2.36. The number of aromatic nitrogens is 2. The third-order valence-electron chi connectivity index (χ3n) is 5.12. The Balaban J connectivity index is 1.62. The van der Waals surface area contributed by atoms with E-state index in [1.165, 1.54) is 5.56 Å². The van der Waals surface area contributed by atoms with Crippen LogP contribution in [0.4, 0.5) is 5.82 Å². The maximum atomic E-state index is 10.1. The molecule has 0 unspecified atom stereocenters. The molecule has 1 aromatic heterocycles. The monoisotopic (exact) mass is 325 g/mol. The van der Waals surface area contributed by atoms with E-state index in [2.05, 4.69) is 45.4 Å². The van der Waals surface area contributed by atoms with Gasteiger partial charge in [0.05, 0.1) is 12.3 Å². The topological polar surface area (TPSA) is 49.2 Å². The van der Waals surface area contributed by atoms with Gasteiger partial charge in [0.1, 0.15) is 0 Å². The molecule has 2 heterocycles. The summed E-state index contributed by atoms with van der Waals surface area (Å²) in [6, 6.07) is 14.7. The van der Waals surface area contributed by atoms with Crippen LogP contribution in [0.2, 0.25) is 0 Å². The fourth-order valence-electron chi connectivity index (χ4n) is 3.69. The minimum Gasteiger partial charge on any atom is -0.396 e. The fraction of sp³-hybridized carbons (Fsp3) is 0.500. The predicted octanol–water partition coefficient (Wildman–Crippen LogP) is 3.39. The van der Waals surface area contributed by atoms with Gasteiger partial charge in [0.2, 0.25) is 0 Å². The van der Waals surface area contributed by atoms with E-state index in [9.17, 15) is 5.11 Å². The van der Waals surface area contributed by atoms with Gasteiger partial charge in [-0.15, -0.1) is 5.10 Å². The normalized spacial score (nSPS) is 21.0. The van der Waals surface area contributed by atoms with Crippen molar-refractivity contribution >= 4 is 5.82 Å². The zero-order valence-electron chi connectivity index (χ0n) is 14.5. The summed E-state index contributed by atoms with van der Waals surface area (Å²) in [6.07, 6.45) is 5.43. The first-order valence-electron chi connectivity index (χ1n) is 8.91. The van der Waals surface area contributed by atoms with Crippen LogP contribution in [0, 0.1) is 12.3 Å². The molecule has 128 valence electrons. The molecular formula is C20H27N3O. The lowest BCUT2D eigenvalue weighted by atomic mass is 9.76. The summed E-state index contributed by atoms with van der Waals surface area (Å²) in [5.74, 6) is 0.932. The van der Waals surface area contributed by atoms with E-state index in [4.69, 9.17) is 0 Å². The Morgan fingerprint density at radius 2 is 1.96 bits per heavy atom. The largest absolute Gasteiger partial charge is 0.396 e. The SMILES string of the molecule is Cc1ccc(N2CCC[C@](CO)(CCCc3ccccc3)C2)nn1. The molecule has 1 aliphatic heterocycles. The van der Waals surface area contributed by atoms with E-state index in [1.807, 2.05) is 19.1 Å². The summed E-state index contributed by atoms with van der Waals surface area (Å²) in [5, 5.41) is 18.6. The number of aliphatic hydroxyl groups is 1. The zero-order chi connectivity index (χ0) is 16.8. The van der Waals surface area contributed by atoms with Gasteiger partial charge < -0.3 is 10.0 Å². The zero-order valence-corrected chi connectivity index (χ0v) is 14.5. The minimum absolute atomic E-state index is 0.0143. The first-order chi connectivity index (χ1) is 11.7. The van der Waals surface area contributed by atoms with Crippen molar-refractivity contribution in [2.75, 3.05) is 24.6 Å². The Morgan fingerprint density at radius 1 is 1.12 bits per heavy atom. The minimum atomic E-state index is -0.0143. The van der Waals surface area contributed by atoms with Crippen LogP contribution in [-0.2, 0) is 6.42 Å². The maximum absolute atomic E-state index is 10.1. The van der Waals surface area contributed by atoms with Crippen molar-refractivity contribution in [3.05, 3.63) is 53.7 Å². The number of benzene rings is 1. The summed E-state index contributed by atoms with van der Waals surface area (Å²) in [5.41, 5.74) is 2.30. The number of anilines is 1. The molecule has 1 aliphatic rings. The van der Waals surface area contributed by atoms with Gasteiger partial charge in [-0.1, -0.05) is 30.3 Å². The number of aryl methyl sites for hydroxylation is 2. The van der Waals surface area contributed by atoms with Crippen LogP contribution < -0.4 is 4.90 Å². The highest BCUT2D eigenvalue weighted by Gasteiger charge is 2.35. The molecule has 24 heavy (non-hydrogen) atoms. The Morgan fingerprint density at radius 3 is 2.67 bits per heavy atom. The molecule has 0 radical (unpaired) electrons. The van der Waals surface area contributed by atoms with E-state index >= 15 is 0 Å². The molecule has 4 heteroatoms. The molecule has 0 amide bonds. The van der Waals surface area contributed by atoms with Crippen LogP contribution in [0.1, 0.15) is 36.9 Å². The Hall–Kier alpha value is -1.94. The highest BCUT2D eigenvalue weighted by atomic mass is 16.3. The summed E-state index contributed by atoms with van der Waals surface area (Å²) < 4.78 is 0. The van der Waals surface area contributed by atoms with Gasteiger partial charge in [-0.05, 0) is 56.7 Å². The van der Waals surface area contributed by atoms with Gasteiger partial charge in [-0.25, -0.2) is 0 Å². The van der Waals surface area contributed by atoms with Gasteiger partial charge in [-0.2, -0.15) is 5.10 Å². The van der Waals surface area contributed by atoms with Crippen LogP contribution in [0.5, 0.6) is 0 Å². The average molecular weight is 325 g/mol. The van der Waals surface area contributed by atoms with Crippen molar-refractivity contribution in [2.24, 2.45) is 5.41 Å². The van der Waals surface area contributed by atoms with E-state index < -0.39 is 0 Å². The summed E-state index contributed by atoms with van der Waals surface area (Å²) in [6.45, 7) is 4.07. The standard InChI is InChI=1S/C20H27N3O/c1-17-10-11-19(22-21-17)23-14-6-13-20(15-23,16-24)12-5-9-18-7-3-2-4-8-18/h2-4,7-8,10-11,24H,5-6,9,12-16H2,1H3/t20-/m1/s1. The van der Waals surface area contributed by atoms with Crippen LogP contribution in [0.3, 0.4) is 0 Å². The number of rotatable bonds is 6. The van der Waals surface area contributed by atoms with Crippen LogP contribution >= 0.6 is 0 Å². The lowest BCUT2D eigenvalue weighted by Gasteiger charge is -2.42. The van der Waals surface area contributed by atoms with Crippen molar-refractivity contribution < 1.29 is 5.11 Å². The Bertz CT molecular complexity index is 629. The molecule has 1 fully saturated rings. The predicted molar refractivity (Wildman–Crippen MR) is 97.1 cm³/mol. The van der Waals surface area contributed by atoms with Crippen molar-refractivity contribution in [3.63, 3.8) is 0 Å². The van der Waals surface area contributed by atoms with Crippen LogP contribution in [0.15, 0.2) is 42.5 Å². The molecular weight excluding hydrogens is 298 g/mol. The Labute approximate surface area is 144 Å². The first-order valence-corrected chi connectivity index (χ1v) is 8.91. The van der Waals surface area contributed by atoms with E-state index in [1.54, 1.807) is 0 Å². The molecule has 1 N–H and O–H groups in total. The second-order valence-corrected chi connectivity index (χ2v) is 7.06. The van der Waals surface area contributed by atoms with Crippen molar-refractivity contribution in [1.82, 2.24) is 10.2 Å². The van der Waals surface area contributed by atoms with Gasteiger partial charge >= 0.3 is 0 Å². The quantitative estimate of drug-likeness (QED) is 0.884. The van der Waals surface area contributed by atoms with E-state index in [-0.39, 0.29) is 12.0 Å². The average Bonchev–Trinajstić information content (AvgIpc) is 2.63. The van der Waals surface area contributed by atoms with Gasteiger partial charge in [0, 0.05) is 18.5 Å². The van der Waals surface area contributed by atoms with Crippen LogP contribution in [-0.4, -0.2) is 35.0 Å². The molecule has 0 spiro atoms. The number of hydrogen-bond acceptors (Lipinski definition) is 4. The first kappa shape index (κ1) is 16.9. The third-order valence-corrected chi connectivity index (χ3v) is 5.12. The van der Waals surface area contributed by atoms with Gasteiger partial charge in [0.25, 0.3) is 0 Å². The third kappa shape index (κ3) is 4.12. The second-order valence-electron chi connectivity index (χ2n) is 7.06. The highest BCUT2D eigenvalue weighted by molar-refractivity contribution is 5.38. The lowest BCUT2D eigenvalue weighted by molar-refractivity contribution is 0.0938. The summed E-state index contributed by atoms with van der Waals surface area (Å²) in [7, 11) is 0. The molecule has 4 nitrogen and oxygen atoms in total. The number of piperidine rings is 1. The fourth-order valence-corrected chi connectivity index (χ4v) is 3.69. The number of nitrogens with zero attached hydrogens (tertiary/aromatic N) is 3. The smallest absolute Gasteiger partial charge is 0.151 e. The van der Waals surface area contributed by atoms with E-state index in [0.717, 1.165) is 56.7 Å². The van der Waals surface area contributed by atoms with Gasteiger partial charge in [0.15, 0.2) is 5.82 Å². The lowest BCUT2D eigenvalue weighted by Crippen LogP contribution is -2.46. The summed E-state index contributed by atoms with van der Waals surface area (Å²) in [4.78, 5) is 2.29. The molecule has 2 aromatic rings. The molecule has 0 bridgehead atoms. The number of aliphatic hydroxyl groups excluding tert-OH is 1. The second kappa shape index (κ2) is 7.75.